The summed E-state index contributed by atoms with van der Waals surface area (Å²) in [6.45, 7) is 0.741. The second kappa shape index (κ2) is 6.15. The fourth-order valence-electron chi connectivity index (χ4n) is 2.08. The van der Waals surface area contributed by atoms with E-state index >= 15 is 0 Å². The Labute approximate surface area is 131 Å². The summed E-state index contributed by atoms with van der Waals surface area (Å²) in [7, 11) is 1.91. The fourth-order valence-corrected chi connectivity index (χ4v) is 2.43. The van der Waals surface area contributed by atoms with Gasteiger partial charge >= 0.3 is 0 Å². The molecule has 0 amide bonds. The molecule has 1 N–H and O–H groups in total. The first-order valence-corrected chi connectivity index (χ1v) is 7.36. The van der Waals surface area contributed by atoms with Crippen molar-refractivity contribution in [3.63, 3.8) is 0 Å². The van der Waals surface area contributed by atoms with Crippen LogP contribution in [0.5, 0.6) is 0 Å². The van der Waals surface area contributed by atoms with Crippen molar-refractivity contribution in [2.45, 2.75) is 6.54 Å². The minimum absolute atomic E-state index is 0.617. The Morgan fingerprint density at radius 2 is 1.95 bits per heavy atom. The van der Waals surface area contributed by atoms with Gasteiger partial charge in [-0.2, -0.15) is 0 Å². The number of hydrogen-bond acceptors (Lipinski definition) is 4. The van der Waals surface area contributed by atoms with Gasteiger partial charge in [-0.1, -0.05) is 52.3 Å². The van der Waals surface area contributed by atoms with Gasteiger partial charge in [0, 0.05) is 16.6 Å². The Kier molecular flexibility index (Phi) is 4.08. The van der Waals surface area contributed by atoms with Crippen LogP contribution >= 0.6 is 15.9 Å². The van der Waals surface area contributed by atoms with Crippen molar-refractivity contribution in [1.29, 1.82) is 0 Å². The molecule has 0 aliphatic heterocycles. The fraction of sp³-hybridized carbons (Fsp3) is 0.133. The maximum absolute atomic E-state index is 4.48. The smallest absolute Gasteiger partial charge is 0.205 e. The van der Waals surface area contributed by atoms with Crippen LogP contribution < -0.4 is 5.32 Å². The maximum Gasteiger partial charge on any atom is 0.205 e. The quantitative estimate of drug-likeness (QED) is 0.791. The van der Waals surface area contributed by atoms with E-state index in [4.69, 9.17) is 0 Å². The minimum atomic E-state index is 0.617. The summed E-state index contributed by atoms with van der Waals surface area (Å²) in [5.41, 5.74) is 2.97. The Morgan fingerprint density at radius 3 is 2.71 bits per heavy atom. The first-order chi connectivity index (χ1) is 10.3. The molecule has 0 aliphatic carbocycles. The summed E-state index contributed by atoms with van der Waals surface area (Å²) in [5.74, 6) is 0.617. The molecule has 3 rings (SSSR count). The first kappa shape index (κ1) is 13.9. The van der Waals surface area contributed by atoms with Gasteiger partial charge in [0.25, 0.3) is 0 Å². The van der Waals surface area contributed by atoms with E-state index in [0.717, 1.165) is 27.8 Å². The molecule has 0 spiro atoms. The predicted molar refractivity (Wildman–Crippen MR) is 85.1 cm³/mol. The molecule has 5 nitrogen and oxygen atoms in total. The zero-order chi connectivity index (χ0) is 14.7. The highest BCUT2D eigenvalue weighted by atomic mass is 79.9. The van der Waals surface area contributed by atoms with Crippen LogP contribution in [0.4, 0.5) is 0 Å². The summed E-state index contributed by atoms with van der Waals surface area (Å²) in [6, 6.07) is 15.9. The molecule has 2 aromatic carbocycles. The highest BCUT2D eigenvalue weighted by Gasteiger charge is 2.10. The van der Waals surface area contributed by atoms with Crippen LogP contribution in [0.25, 0.3) is 17.1 Å². The number of aromatic nitrogens is 4. The van der Waals surface area contributed by atoms with E-state index < -0.39 is 0 Å². The van der Waals surface area contributed by atoms with E-state index in [2.05, 4.69) is 36.7 Å². The molecule has 0 aliphatic rings. The van der Waals surface area contributed by atoms with Gasteiger partial charge in [0.2, 0.25) is 5.82 Å². The molecule has 0 unspecified atom stereocenters. The van der Waals surface area contributed by atoms with Crippen molar-refractivity contribution in [2.75, 3.05) is 7.05 Å². The predicted octanol–water partition coefficient (Wildman–Crippen LogP) is 2.81. The number of benzene rings is 2. The van der Waals surface area contributed by atoms with Crippen molar-refractivity contribution in [2.24, 2.45) is 0 Å². The van der Waals surface area contributed by atoms with Crippen LogP contribution in [0.2, 0.25) is 0 Å². The molecule has 1 heterocycles. The van der Waals surface area contributed by atoms with Crippen molar-refractivity contribution in [3.8, 4) is 17.1 Å². The number of nitrogens with zero attached hydrogens (tertiary/aromatic N) is 4. The number of nitrogens with one attached hydrogen (secondary N) is 1. The maximum atomic E-state index is 4.48. The molecule has 0 radical (unpaired) electrons. The Hall–Kier alpha value is -2.05. The Bertz CT molecular complexity index is 739. The van der Waals surface area contributed by atoms with Crippen LogP contribution in [0.3, 0.4) is 0 Å². The number of tetrazole rings is 1. The van der Waals surface area contributed by atoms with Gasteiger partial charge in [-0.05, 0) is 30.0 Å². The molecular weight excluding hydrogens is 330 g/mol. The van der Waals surface area contributed by atoms with E-state index in [1.165, 1.54) is 0 Å². The lowest BCUT2D eigenvalue weighted by atomic mass is 10.2. The summed E-state index contributed by atoms with van der Waals surface area (Å²) in [5, 5.41) is 15.9. The molecule has 1 aromatic heterocycles. The molecular formula is C15H14BrN5. The van der Waals surface area contributed by atoms with Gasteiger partial charge in [-0.15, -0.1) is 15.0 Å². The highest BCUT2D eigenvalue weighted by Crippen LogP contribution is 2.20. The lowest BCUT2D eigenvalue weighted by molar-refractivity contribution is 0.701. The summed E-state index contributed by atoms with van der Waals surface area (Å²) < 4.78 is 0.982. The van der Waals surface area contributed by atoms with E-state index in [1.54, 1.807) is 4.80 Å². The monoisotopic (exact) mass is 343 g/mol. The number of halogens is 1. The van der Waals surface area contributed by atoms with Gasteiger partial charge in [-0.25, -0.2) is 0 Å². The van der Waals surface area contributed by atoms with E-state index in [0.29, 0.717) is 5.82 Å². The third kappa shape index (κ3) is 3.01. The second-order valence-electron chi connectivity index (χ2n) is 4.57. The van der Waals surface area contributed by atoms with Crippen LogP contribution in [0.1, 0.15) is 5.56 Å². The average Bonchev–Trinajstić information content (AvgIpc) is 3.00. The number of hydrogen-bond donors (Lipinski definition) is 1. The molecule has 106 valence electrons. The molecule has 3 aromatic rings. The normalized spacial score (nSPS) is 10.8. The standard InChI is InChI=1S/C15H14BrN5/c1-17-10-12-7-8-13(16)9-14(12)21-19-15(18-20-21)11-5-3-2-4-6-11/h2-9,17H,10H2,1H3. The molecule has 0 bridgehead atoms. The molecule has 21 heavy (non-hydrogen) atoms. The zero-order valence-electron chi connectivity index (χ0n) is 11.5. The summed E-state index contributed by atoms with van der Waals surface area (Å²) in [6.07, 6.45) is 0. The third-order valence-corrected chi connectivity index (χ3v) is 3.57. The van der Waals surface area contributed by atoms with Crippen LogP contribution in [-0.4, -0.2) is 27.3 Å². The van der Waals surface area contributed by atoms with Gasteiger partial charge in [0.15, 0.2) is 0 Å². The van der Waals surface area contributed by atoms with Crippen LogP contribution in [0.15, 0.2) is 53.0 Å². The van der Waals surface area contributed by atoms with E-state index in [-0.39, 0.29) is 0 Å². The molecule has 0 saturated heterocycles. The van der Waals surface area contributed by atoms with E-state index in [9.17, 15) is 0 Å². The average molecular weight is 344 g/mol. The SMILES string of the molecule is CNCc1ccc(Br)cc1-n1nnc(-c2ccccc2)n1. The first-order valence-electron chi connectivity index (χ1n) is 6.57. The van der Waals surface area contributed by atoms with Crippen molar-refractivity contribution in [3.05, 3.63) is 58.6 Å². The largest absolute Gasteiger partial charge is 0.316 e. The summed E-state index contributed by atoms with van der Waals surface area (Å²) in [4.78, 5) is 1.57. The topological polar surface area (TPSA) is 55.6 Å². The summed E-state index contributed by atoms with van der Waals surface area (Å²) >= 11 is 3.49. The highest BCUT2D eigenvalue weighted by molar-refractivity contribution is 9.10. The lowest BCUT2D eigenvalue weighted by Crippen LogP contribution is -2.10. The van der Waals surface area contributed by atoms with Gasteiger partial charge in [0.05, 0.1) is 5.69 Å². The second-order valence-corrected chi connectivity index (χ2v) is 5.49. The Balaban J connectivity index is 2.02. The van der Waals surface area contributed by atoms with Gasteiger partial charge < -0.3 is 5.32 Å². The molecule has 0 fully saturated rings. The van der Waals surface area contributed by atoms with E-state index in [1.807, 2.05) is 55.6 Å². The molecule has 0 atom stereocenters. The zero-order valence-corrected chi connectivity index (χ0v) is 13.1. The van der Waals surface area contributed by atoms with Crippen molar-refractivity contribution >= 4 is 15.9 Å². The lowest BCUT2D eigenvalue weighted by Gasteiger charge is -2.07. The molecule has 0 saturated carbocycles. The molecule has 6 heteroatoms. The van der Waals surface area contributed by atoms with Gasteiger partial charge in [0.1, 0.15) is 0 Å². The number of rotatable bonds is 4. The van der Waals surface area contributed by atoms with Crippen LogP contribution in [0, 0.1) is 0 Å². The van der Waals surface area contributed by atoms with Crippen molar-refractivity contribution < 1.29 is 0 Å². The minimum Gasteiger partial charge on any atom is -0.316 e. The third-order valence-electron chi connectivity index (χ3n) is 3.08. The van der Waals surface area contributed by atoms with Crippen molar-refractivity contribution in [1.82, 2.24) is 25.5 Å². The van der Waals surface area contributed by atoms with Crippen LogP contribution in [-0.2, 0) is 6.54 Å². The Morgan fingerprint density at radius 1 is 1.14 bits per heavy atom. The van der Waals surface area contributed by atoms with Gasteiger partial charge in [-0.3, -0.25) is 0 Å².